The Morgan fingerprint density at radius 1 is 0.950 bits per heavy atom. The molecule has 4 heteroatoms. The van der Waals surface area contributed by atoms with Crippen molar-refractivity contribution >= 4 is 5.69 Å². The fraction of sp³-hybridized carbons (Fsp3) is 0.250. The van der Waals surface area contributed by atoms with Crippen LogP contribution in [-0.2, 0) is 6.42 Å². The van der Waals surface area contributed by atoms with Gasteiger partial charge in [0, 0.05) is 18.2 Å². The lowest BCUT2D eigenvalue weighted by molar-refractivity contribution is 0.495. The van der Waals surface area contributed by atoms with Crippen molar-refractivity contribution in [3.63, 3.8) is 0 Å². The van der Waals surface area contributed by atoms with Crippen LogP contribution in [0.5, 0.6) is 0 Å². The number of aryl methyl sites for hydroxylation is 1. The number of benzene rings is 2. The van der Waals surface area contributed by atoms with Crippen LogP contribution in [0.2, 0.25) is 0 Å². The molecule has 1 atom stereocenters. The maximum absolute atomic E-state index is 13.5. The lowest BCUT2D eigenvalue weighted by atomic mass is 10.1. The third-order valence-corrected chi connectivity index (χ3v) is 3.12. The molecule has 0 fully saturated rings. The first-order valence-electron chi connectivity index (χ1n) is 6.51. The van der Waals surface area contributed by atoms with Crippen LogP contribution >= 0.6 is 0 Å². The highest BCUT2D eigenvalue weighted by atomic mass is 19.2. The second kappa shape index (κ2) is 6.46. The third kappa shape index (κ3) is 3.76. The summed E-state index contributed by atoms with van der Waals surface area (Å²) in [7, 11) is 0. The van der Waals surface area contributed by atoms with Gasteiger partial charge in [-0.2, -0.15) is 0 Å². The van der Waals surface area contributed by atoms with E-state index in [9.17, 15) is 13.2 Å². The van der Waals surface area contributed by atoms with E-state index in [1.807, 2.05) is 37.3 Å². The molecule has 0 radical (unpaired) electrons. The minimum absolute atomic E-state index is 0.00976. The SMILES string of the molecule is CC(CCc1ccccc1)Nc1cc(F)c(F)cc1F. The molecule has 0 amide bonds. The summed E-state index contributed by atoms with van der Waals surface area (Å²) >= 11 is 0. The Labute approximate surface area is 116 Å². The number of halogens is 3. The zero-order valence-corrected chi connectivity index (χ0v) is 11.2. The fourth-order valence-electron chi connectivity index (χ4n) is 2.00. The van der Waals surface area contributed by atoms with Gasteiger partial charge in [0.1, 0.15) is 5.82 Å². The van der Waals surface area contributed by atoms with Gasteiger partial charge in [0.05, 0.1) is 5.69 Å². The van der Waals surface area contributed by atoms with Crippen LogP contribution in [-0.4, -0.2) is 6.04 Å². The van der Waals surface area contributed by atoms with E-state index in [1.54, 1.807) is 0 Å². The fourth-order valence-corrected chi connectivity index (χ4v) is 2.00. The Balaban J connectivity index is 1.95. The topological polar surface area (TPSA) is 12.0 Å². The summed E-state index contributed by atoms with van der Waals surface area (Å²) in [4.78, 5) is 0. The van der Waals surface area contributed by atoms with E-state index in [0.717, 1.165) is 18.9 Å². The molecule has 0 spiro atoms. The summed E-state index contributed by atoms with van der Waals surface area (Å²) < 4.78 is 39.4. The molecule has 0 saturated heterocycles. The van der Waals surface area contributed by atoms with Crippen molar-refractivity contribution in [2.45, 2.75) is 25.8 Å². The number of rotatable bonds is 5. The Kier molecular flexibility index (Phi) is 4.66. The van der Waals surface area contributed by atoms with Crippen LogP contribution in [0, 0.1) is 17.5 Å². The maximum atomic E-state index is 13.5. The highest BCUT2D eigenvalue weighted by molar-refractivity contribution is 5.46. The van der Waals surface area contributed by atoms with Gasteiger partial charge in [0.2, 0.25) is 0 Å². The molecule has 1 unspecified atom stereocenters. The minimum atomic E-state index is -1.18. The van der Waals surface area contributed by atoms with E-state index in [1.165, 1.54) is 5.56 Å². The van der Waals surface area contributed by atoms with Crippen LogP contribution in [0.4, 0.5) is 18.9 Å². The van der Waals surface area contributed by atoms with Crippen LogP contribution in [0.3, 0.4) is 0 Å². The van der Waals surface area contributed by atoms with Crippen molar-refractivity contribution in [2.24, 2.45) is 0 Å². The molecular weight excluding hydrogens is 263 g/mol. The van der Waals surface area contributed by atoms with Crippen molar-refractivity contribution in [2.75, 3.05) is 5.32 Å². The molecule has 2 rings (SSSR count). The molecule has 0 heterocycles. The second-order valence-corrected chi connectivity index (χ2v) is 4.82. The van der Waals surface area contributed by atoms with Crippen molar-refractivity contribution in [3.05, 3.63) is 65.5 Å². The van der Waals surface area contributed by atoms with Gasteiger partial charge in [0.15, 0.2) is 11.6 Å². The third-order valence-electron chi connectivity index (χ3n) is 3.12. The molecule has 0 aliphatic heterocycles. The number of anilines is 1. The molecule has 0 aliphatic carbocycles. The number of hydrogen-bond donors (Lipinski definition) is 1. The Hall–Kier alpha value is -1.97. The molecule has 106 valence electrons. The summed E-state index contributed by atoms with van der Waals surface area (Å²) in [6, 6.07) is 11.3. The zero-order valence-electron chi connectivity index (χ0n) is 11.2. The van der Waals surface area contributed by atoms with E-state index in [-0.39, 0.29) is 11.7 Å². The van der Waals surface area contributed by atoms with E-state index < -0.39 is 17.5 Å². The first kappa shape index (κ1) is 14.4. The normalized spacial score (nSPS) is 12.2. The Bertz CT molecular complexity index is 569. The van der Waals surface area contributed by atoms with Gasteiger partial charge in [-0.3, -0.25) is 0 Å². The number of hydrogen-bond acceptors (Lipinski definition) is 1. The highest BCUT2D eigenvalue weighted by Crippen LogP contribution is 2.20. The zero-order chi connectivity index (χ0) is 14.5. The lowest BCUT2D eigenvalue weighted by Crippen LogP contribution is -2.17. The van der Waals surface area contributed by atoms with Crippen LogP contribution in [0.15, 0.2) is 42.5 Å². The van der Waals surface area contributed by atoms with Crippen molar-refractivity contribution in [3.8, 4) is 0 Å². The number of nitrogens with one attached hydrogen (secondary N) is 1. The molecule has 0 bridgehead atoms. The minimum Gasteiger partial charge on any atom is -0.380 e. The Morgan fingerprint density at radius 3 is 2.30 bits per heavy atom. The highest BCUT2D eigenvalue weighted by Gasteiger charge is 2.11. The Morgan fingerprint density at radius 2 is 1.60 bits per heavy atom. The van der Waals surface area contributed by atoms with E-state index >= 15 is 0 Å². The van der Waals surface area contributed by atoms with Gasteiger partial charge in [-0.05, 0) is 25.3 Å². The summed E-state index contributed by atoms with van der Waals surface area (Å²) in [6.07, 6.45) is 1.60. The molecule has 2 aromatic rings. The molecule has 0 aliphatic rings. The molecule has 0 saturated carbocycles. The van der Waals surface area contributed by atoms with Crippen LogP contribution in [0.1, 0.15) is 18.9 Å². The van der Waals surface area contributed by atoms with E-state index in [0.29, 0.717) is 6.07 Å². The first-order valence-corrected chi connectivity index (χ1v) is 6.51. The summed E-state index contributed by atoms with van der Waals surface area (Å²) in [5, 5.41) is 2.87. The average molecular weight is 279 g/mol. The van der Waals surface area contributed by atoms with Crippen LogP contribution < -0.4 is 5.32 Å². The van der Waals surface area contributed by atoms with Gasteiger partial charge in [-0.1, -0.05) is 30.3 Å². The quantitative estimate of drug-likeness (QED) is 0.792. The lowest BCUT2D eigenvalue weighted by Gasteiger charge is -2.16. The molecule has 1 N–H and O–H groups in total. The molecule has 2 aromatic carbocycles. The van der Waals surface area contributed by atoms with Gasteiger partial charge < -0.3 is 5.32 Å². The van der Waals surface area contributed by atoms with Crippen molar-refractivity contribution < 1.29 is 13.2 Å². The molecule has 20 heavy (non-hydrogen) atoms. The van der Waals surface area contributed by atoms with Gasteiger partial charge in [-0.15, -0.1) is 0 Å². The maximum Gasteiger partial charge on any atom is 0.161 e. The summed E-state index contributed by atoms with van der Waals surface area (Å²) in [5.41, 5.74) is 1.18. The van der Waals surface area contributed by atoms with Crippen molar-refractivity contribution in [1.82, 2.24) is 0 Å². The van der Waals surface area contributed by atoms with Gasteiger partial charge >= 0.3 is 0 Å². The smallest absolute Gasteiger partial charge is 0.161 e. The monoisotopic (exact) mass is 279 g/mol. The summed E-state index contributed by atoms with van der Waals surface area (Å²) in [5.74, 6) is -3.01. The van der Waals surface area contributed by atoms with E-state index in [4.69, 9.17) is 0 Å². The van der Waals surface area contributed by atoms with E-state index in [2.05, 4.69) is 5.32 Å². The van der Waals surface area contributed by atoms with Crippen molar-refractivity contribution in [1.29, 1.82) is 0 Å². The second-order valence-electron chi connectivity index (χ2n) is 4.82. The largest absolute Gasteiger partial charge is 0.380 e. The average Bonchev–Trinajstić information content (AvgIpc) is 2.44. The first-order chi connectivity index (χ1) is 9.56. The molecule has 0 aromatic heterocycles. The molecular formula is C16H16F3N. The predicted octanol–water partition coefficient (Wildman–Crippen LogP) is 4.54. The summed E-state index contributed by atoms with van der Waals surface area (Å²) in [6.45, 7) is 1.88. The van der Waals surface area contributed by atoms with Gasteiger partial charge in [0.25, 0.3) is 0 Å². The molecule has 1 nitrogen and oxygen atoms in total. The predicted molar refractivity (Wildman–Crippen MR) is 74.2 cm³/mol. The van der Waals surface area contributed by atoms with Gasteiger partial charge in [-0.25, -0.2) is 13.2 Å². The standard InChI is InChI=1S/C16H16F3N/c1-11(7-8-12-5-3-2-4-6-12)20-16-10-14(18)13(17)9-15(16)19/h2-6,9-11,20H,7-8H2,1H3. The van der Waals surface area contributed by atoms with Crippen LogP contribution in [0.25, 0.3) is 0 Å².